The summed E-state index contributed by atoms with van der Waals surface area (Å²) in [5.41, 5.74) is 5.02. The first-order valence-corrected chi connectivity index (χ1v) is 9.30. The van der Waals surface area contributed by atoms with Crippen molar-refractivity contribution in [2.75, 3.05) is 6.54 Å². The maximum Gasteiger partial charge on any atom is 0.251 e. The average molecular weight is 366 g/mol. The third-order valence-electron chi connectivity index (χ3n) is 5.17. The quantitative estimate of drug-likeness (QED) is 0.557. The summed E-state index contributed by atoms with van der Waals surface area (Å²) < 4.78 is 1.72. The maximum atomic E-state index is 9.28. The molecular formula is C22H18N6. The minimum absolute atomic E-state index is 0.556. The molecular weight excluding hydrogens is 348 g/mol. The summed E-state index contributed by atoms with van der Waals surface area (Å²) in [4.78, 5) is 11.8. The van der Waals surface area contributed by atoms with Crippen molar-refractivity contribution in [3.63, 3.8) is 0 Å². The molecule has 6 nitrogen and oxygen atoms in total. The first kappa shape index (κ1) is 16.6. The molecule has 0 bridgehead atoms. The van der Waals surface area contributed by atoms with E-state index >= 15 is 0 Å². The van der Waals surface area contributed by atoms with Gasteiger partial charge >= 0.3 is 0 Å². The van der Waals surface area contributed by atoms with Crippen LogP contribution in [0.1, 0.15) is 22.4 Å². The molecule has 136 valence electrons. The molecule has 2 aromatic heterocycles. The van der Waals surface area contributed by atoms with Crippen molar-refractivity contribution >= 4 is 10.9 Å². The van der Waals surface area contributed by atoms with Crippen LogP contribution in [0.5, 0.6) is 0 Å². The summed E-state index contributed by atoms with van der Waals surface area (Å²) in [5.74, 6) is 0.556. The van der Waals surface area contributed by atoms with Crippen LogP contribution in [0.25, 0.3) is 16.9 Å². The number of hydrogen-bond acceptors (Lipinski definition) is 5. The van der Waals surface area contributed by atoms with E-state index in [1.54, 1.807) is 16.9 Å². The molecule has 3 heterocycles. The van der Waals surface area contributed by atoms with Gasteiger partial charge in [-0.3, -0.25) is 4.90 Å². The van der Waals surface area contributed by atoms with Gasteiger partial charge in [0, 0.05) is 43.2 Å². The molecule has 0 fully saturated rings. The number of rotatable bonds is 3. The van der Waals surface area contributed by atoms with Crippen LogP contribution in [0.15, 0.2) is 60.9 Å². The van der Waals surface area contributed by atoms with Crippen molar-refractivity contribution < 1.29 is 0 Å². The lowest BCUT2D eigenvalue weighted by Crippen LogP contribution is -2.31. The van der Waals surface area contributed by atoms with E-state index in [1.807, 2.05) is 24.4 Å². The maximum absolute atomic E-state index is 9.28. The van der Waals surface area contributed by atoms with Gasteiger partial charge in [-0.05, 0) is 17.7 Å². The molecule has 0 spiro atoms. The van der Waals surface area contributed by atoms with E-state index in [2.05, 4.69) is 45.3 Å². The van der Waals surface area contributed by atoms with Gasteiger partial charge in [0.05, 0.1) is 29.0 Å². The summed E-state index contributed by atoms with van der Waals surface area (Å²) in [7, 11) is 0. The minimum atomic E-state index is 0.556. The van der Waals surface area contributed by atoms with Crippen molar-refractivity contribution in [2.45, 2.75) is 19.5 Å². The van der Waals surface area contributed by atoms with Crippen LogP contribution in [0.2, 0.25) is 0 Å². The van der Waals surface area contributed by atoms with Crippen LogP contribution in [0.4, 0.5) is 0 Å². The fourth-order valence-corrected chi connectivity index (χ4v) is 3.75. The van der Waals surface area contributed by atoms with Crippen LogP contribution in [0.3, 0.4) is 0 Å². The number of fused-ring (bicyclic) bond motifs is 2. The van der Waals surface area contributed by atoms with E-state index in [0.717, 1.165) is 42.7 Å². The van der Waals surface area contributed by atoms with Gasteiger partial charge in [0.1, 0.15) is 0 Å². The van der Waals surface area contributed by atoms with Gasteiger partial charge in [-0.1, -0.05) is 36.4 Å². The molecule has 4 aromatic rings. The Balaban J connectivity index is 1.43. The van der Waals surface area contributed by atoms with Crippen molar-refractivity contribution in [1.29, 1.82) is 5.26 Å². The second-order valence-electron chi connectivity index (χ2n) is 6.99. The Morgan fingerprint density at radius 2 is 1.93 bits per heavy atom. The molecule has 0 aliphatic carbocycles. The lowest BCUT2D eigenvalue weighted by atomic mass is 10.1. The smallest absolute Gasteiger partial charge is 0.251 e. The third kappa shape index (κ3) is 2.92. The summed E-state index contributed by atoms with van der Waals surface area (Å²) in [5, 5.41) is 14.5. The molecule has 1 aliphatic heterocycles. The fraction of sp³-hybridized carbons (Fsp3) is 0.182. The van der Waals surface area contributed by atoms with Gasteiger partial charge in [-0.15, -0.1) is 0 Å². The second-order valence-corrected chi connectivity index (χ2v) is 6.99. The van der Waals surface area contributed by atoms with Crippen molar-refractivity contribution in [1.82, 2.24) is 24.6 Å². The Kier molecular flexibility index (Phi) is 4.08. The molecule has 5 rings (SSSR count). The topological polar surface area (TPSA) is 70.6 Å². The summed E-state index contributed by atoms with van der Waals surface area (Å²) >= 11 is 0. The lowest BCUT2D eigenvalue weighted by molar-refractivity contribution is 0.242. The number of nitriles is 1. The van der Waals surface area contributed by atoms with Gasteiger partial charge in [-0.2, -0.15) is 15.0 Å². The van der Waals surface area contributed by atoms with Crippen molar-refractivity contribution in [3.8, 4) is 12.0 Å². The normalized spacial score (nSPS) is 14.0. The number of nitrogens with zero attached hydrogens (tertiary/aromatic N) is 6. The second kappa shape index (κ2) is 6.87. The Labute approximate surface area is 162 Å². The predicted octanol–water partition coefficient (Wildman–Crippen LogP) is 3.25. The SMILES string of the molecule is N#Cc1cccc2c1cnn2-c1ncc2c(n1)CCN(Cc1ccccc1)C2. The first-order valence-electron chi connectivity index (χ1n) is 9.30. The minimum Gasteiger partial charge on any atom is -0.294 e. The van der Waals surface area contributed by atoms with Crippen LogP contribution >= 0.6 is 0 Å². The molecule has 0 unspecified atom stereocenters. The number of hydrogen-bond donors (Lipinski definition) is 0. The Bertz CT molecular complexity index is 1190. The van der Waals surface area contributed by atoms with Gasteiger partial charge in [0.25, 0.3) is 5.95 Å². The zero-order valence-corrected chi connectivity index (χ0v) is 15.3. The van der Waals surface area contributed by atoms with Crippen molar-refractivity contribution in [2.24, 2.45) is 0 Å². The Morgan fingerprint density at radius 1 is 1.04 bits per heavy atom. The average Bonchev–Trinajstić information content (AvgIpc) is 3.18. The van der Waals surface area contributed by atoms with Gasteiger partial charge < -0.3 is 0 Å². The molecule has 0 N–H and O–H groups in total. The van der Waals surface area contributed by atoms with Gasteiger partial charge in [0.15, 0.2) is 0 Å². The van der Waals surface area contributed by atoms with Gasteiger partial charge in [-0.25, -0.2) is 9.97 Å². The molecule has 2 aromatic carbocycles. The van der Waals surface area contributed by atoms with E-state index in [1.165, 1.54) is 11.1 Å². The molecule has 6 heteroatoms. The highest BCUT2D eigenvalue weighted by molar-refractivity contribution is 5.85. The molecule has 0 radical (unpaired) electrons. The summed E-state index contributed by atoms with van der Waals surface area (Å²) in [6.45, 7) is 2.75. The van der Waals surface area contributed by atoms with E-state index in [4.69, 9.17) is 4.98 Å². The summed E-state index contributed by atoms with van der Waals surface area (Å²) in [6, 6.07) is 18.3. The van der Waals surface area contributed by atoms with Gasteiger partial charge in [0.2, 0.25) is 0 Å². The van der Waals surface area contributed by atoms with E-state index in [0.29, 0.717) is 11.5 Å². The molecule has 1 aliphatic rings. The van der Waals surface area contributed by atoms with E-state index < -0.39 is 0 Å². The number of benzene rings is 2. The van der Waals surface area contributed by atoms with E-state index in [-0.39, 0.29) is 0 Å². The molecule has 0 saturated carbocycles. The Hall–Kier alpha value is -3.56. The zero-order chi connectivity index (χ0) is 18.9. The standard InChI is InChI=1S/C22H18N6/c23-11-17-7-4-8-21-19(17)13-25-28(21)22-24-12-18-15-27(10-9-20(18)26-22)14-16-5-2-1-3-6-16/h1-8,12-13H,9-10,14-15H2. The highest BCUT2D eigenvalue weighted by Crippen LogP contribution is 2.22. The lowest BCUT2D eigenvalue weighted by Gasteiger charge is -2.28. The molecule has 0 amide bonds. The van der Waals surface area contributed by atoms with Crippen LogP contribution in [-0.2, 0) is 19.5 Å². The van der Waals surface area contributed by atoms with Crippen LogP contribution < -0.4 is 0 Å². The highest BCUT2D eigenvalue weighted by atomic mass is 15.3. The highest BCUT2D eigenvalue weighted by Gasteiger charge is 2.20. The van der Waals surface area contributed by atoms with E-state index in [9.17, 15) is 5.26 Å². The molecule has 0 atom stereocenters. The zero-order valence-electron chi connectivity index (χ0n) is 15.3. The Morgan fingerprint density at radius 3 is 2.79 bits per heavy atom. The molecule has 0 saturated heterocycles. The summed E-state index contributed by atoms with van der Waals surface area (Å²) in [6.07, 6.45) is 4.51. The first-order chi connectivity index (χ1) is 13.8. The predicted molar refractivity (Wildman–Crippen MR) is 106 cm³/mol. The van der Waals surface area contributed by atoms with Crippen LogP contribution in [0, 0.1) is 11.3 Å². The third-order valence-corrected chi connectivity index (χ3v) is 5.17. The fourth-order valence-electron chi connectivity index (χ4n) is 3.75. The van der Waals surface area contributed by atoms with Crippen molar-refractivity contribution in [3.05, 3.63) is 83.3 Å². The van der Waals surface area contributed by atoms with Crippen LogP contribution in [-0.4, -0.2) is 31.2 Å². The monoisotopic (exact) mass is 366 g/mol. The largest absolute Gasteiger partial charge is 0.294 e. The number of aromatic nitrogens is 4. The molecule has 28 heavy (non-hydrogen) atoms.